The van der Waals surface area contributed by atoms with Gasteiger partial charge in [-0.1, -0.05) is 79.7 Å². The van der Waals surface area contributed by atoms with Crippen molar-refractivity contribution in [3.05, 3.63) is 96.8 Å². The number of hydrogen-bond donors (Lipinski definition) is 3. The number of ether oxygens (including phenoxy) is 1. The number of unbranched alkanes of at least 4 members (excludes halogenated alkanes) is 3. The summed E-state index contributed by atoms with van der Waals surface area (Å²) in [4.78, 5) is 53.0. The van der Waals surface area contributed by atoms with Gasteiger partial charge in [0.2, 0.25) is 11.8 Å². The number of anilines is 1. The number of allylic oxidation sites excluding steroid dienone is 1. The number of carbonyl (C=O) groups is 3. The number of thiazole rings is 1. The van der Waals surface area contributed by atoms with Crippen LogP contribution in [0.1, 0.15) is 45.4 Å². The summed E-state index contributed by atoms with van der Waals surface area (Å²) < 4.78 is 21.0. The van der Waals surface area contributed by atoms with Crippen molar-refractivity contribution < 1.29 is 28.3 Å². The first kappa shape index (κ1) is 33.9. The summed E-state index contributed by atoms with van der Waals surface area (Å²) in [5.74, 6) is -1.53. The third kappa shape index (κ3) is 8.37. The Labute approximate surface area is 288 Å². The lowest BCUT2D eigenvalue weighted by Crippen LogP contribution is -2.56. The number of likely N-dealkylation sites (tertiary alicyclic amines) is 1. The molecule has 1 aliphatic carbocycles. The molecule has 1 unspecified atom stereocenters. The van der Waals surface area contributed by atoms with Gasteiger partial charge in [-0.2, -0.15) is 5.48 Å². The van der Waals surface area contributed by atoms with E-state index in [4.69, 9.17) is 9.57 Å². The van der Waals surface area contributed by atoms with Crippen LogP contribution in [0.5, 0.6) is 10.9 Å². The van der Waals surface area contributed by atoms with Crippen molar-refractivity contribution in [1.82, 2.24) is 20.7 Å². The standard InChI is InChI=1S/C37H40FN5O5S/c1-2-3-4-5-7-13-25-22-37(25,35(46)42-48-28-16-8-6-9-17-28)41-34(45)31-21-29(47-36-40-30-18-10-11-19-32(30)49-36)24-43(31)33(44)23-39-27-15-12-14-26(38)20-27/h6-20,25,29,31,39H,2-5,21-24H2,1H3,(H,41,45)(H,42,46)/b13-7-/t25-,29?,31+,37-/m1/s1. The third-order valence-electron chi connectivity index (χ3n) is 8.81. The zero-order valence-electron chi connectivity index (χ0n) is 27.3. The molecule has 3 amide bonds. The number of nitrogens with zero attached hydrogens (tertiary/aromatic N) is 2. The van der Waals surface area contributed by atoms with Crippen LogP contribution in [-0.2, 0) is 14.4 Å². The van der Waals surface area contributed by atoms with E-state index < -0.39 is 35.3 Å². The number of amides is 3. The fourth-order valence-corrected chi connectivity index (χ4v) is 6.95. The van der Waals surface area contributed by atoms with Gasteiger partial charge in [-0.3, -0.25) is 14.4 Å². The molecule has 1 aromatic heterocycles. The summed E-state index contributed by atoms with van der Waals surface area (Å²) in [6.07, 6.45) is 8.25. The molecule has 2 heterocycles. The van der Waals surface area contributed by atoms with Crippen molar-refractivity contribution in [2.24, 2.45) is 5.92 Å². The second kappa shape index (κ2) is 15.5. The second-order valence-corrected chi connectivity index (χ2v) is 13.4. The number of rotatable bonds is 15. The Morgan fingerprint density at radius 2 is 1.88 bits per heavy atom. The van der Waals surface area contributed by atoms with Crippen molar-refractivity contribution in [3.63, 3.8) is 0 Å². The van der Waals surface area contributed by atoms with Gasteiger partial charge in [0.1, 0.15) is 23.5 Å². The predicted molar refractivity (Wildman–Crippen MR) is 187 cm³/mol. The molecule has 0 radical (unpaired) electrons. The van der Waals surface area contributed by atoms with Gasteiger partial charge in [-0.05, 0) is 61.7 Å². The Hall–Kier alpha value is -4.97. The van der Waals surface area contributed by atoms with E-state index in [9.17, 15) is 18.8 Å². The van der Waals surface area contributed by atoms with Gasteiger partial charge in [-0.15, -0.1) is 0 Å². The molecule has 2 aliphatic rings. The lowest BCUT2D eigenvalue weighted by atomic mass is 10.1. The minimum absolute atomic E-state index is 0.134. The number of para-hydroxylation sites is 2. The first-order valence-corrected chi connectivity index (χ1v) is 17.5. The van der Waals surface area contributed by atoms with Crippen LogP contribution in [0.2, 0.25) is 0 Å². The Bertz CT molecular complexity index is 1770. The molecule has 3 aromatic carbocycles. The molecule has 12 heteroatoms. The maximum Gasteiger partial charge on any atom is 0.278 e. The fourth-order valence-electron chi connectivity index (χ4n) is 6.07. The molecule has 0 spiro atoms. The average Bonchev–Trinajstić information content (AvgIpc) is 3.41. The van der Waals surface area contributed by atoms with Crippen LogP contribution >= 0.6 is 11.3 Å². The van der Waals surface area contributed by atoms with Crippen LogP contribution in [0.15, 0.2) is 91.0 Å². The van der Waals surface area contributed by atoms with Gasteiger partial charge < -0.3 is 25.1 Å². The minimum Gasteiger partial charge on any atom is -0.465 e. The van der Waals surface area contributed by atoms with Gasteiger partial charge in [0.25, 0.3) is 11.1 Å². The number of fused-ring (bicyclic) bond motifs is 1. The van der Waals surface area contributed by atoms with E-state index in [1.807, 2.05) is 36.4 Å². The van der Waals surface area contributed by atoms with Crippen LogP contribution < -0.4 is 25.7 Å². The van der Waals surface area contributed by atoms with Crippen LogP contribution in [0.3, 0.4) is 0 Å². The lowest BCUT2D eigenvalue weighted by Gasteiger charge is -2.26. The van der Waals surface area contributed by atoms with Gasteiger partial charge in [0.05, 0.1) is 23.3 Å². The van der Waals surface area contributed by atoms with Crippen LogP contribution in [-0.4, -0.2) is 58.4 Å². The monoisotopic (exact) mass is 685 g/mol. The van der Waals surface area contributed by atoms with Gasteiger partial charge in [0.15, 0.2) is 5.75 Å². The zero-order chi connectivity index (χ0) is 34.2. The van der Waals surface area contributed by atoms with Crippen molar-refractivity contribution >= 4 is 45.0 Å². The highest BCUT2D eigenvalue weighted by Crippen LogP contribution is 2.45. The molecule has 1 aliphatic heterocycles. The van der Waals surface area contributed by atoms with Gasteiger partial charge in [0, 0.05) is 18.0 Å². The Kier molecular flexibility index (Phi) is 10.7. The van der Waals surface area contributed by atoms with E-state index in [0.717, 1.165) is 35.9 Å². The molecule has 4 aromatic rings. The maximum absolute atomic E-state index is 14.1. The van der Waals surface area contributed by atoms with Crippen molar-refractivity contribution in [2.75, 3.05) is 18.4 Å². The summed E-state index contributed by atoms with van der Waals surface area (Å²) in [7, 11) is 0. The van der Waals surface area contributed by atoms with Gasteiger partial charge >= 0.3 is 0 Å². The topological polar surface area (TPSA) is 122 Å². The Morgan fingerprint density at radius 1 is 1.06 bits per heavy atom. The van der Waals surface area contributed by atoms with Crippen molar-refractivity contribution in [1.29, 1.82) is 0 Å². The van der Waals surface area contributed by atoms with E-state index in [0.29, 0.717) is 23.1 Å². The highest BCUT2D eigenvalue weighted by atomic mass is 32.1. The molecular formula is C37H40FN5O5S. The molecule has 4 atom stereocenters. The highest BCUT2D eigenvalue weighted by Gasteiger charge is 2.61. The normalized spacial score (nSPS) is 21.4. The van der Waals surface area contributed by atoms with Crippen LogP contribution in [0.4, 0.5) is 10.1 Å². The molecule has 0 bridgehead atoms. The largest absolute Gasteiger partial charge is 0.465 e. The number of halogens is 1. The number of aromatic nitrogens is 1. The SMILES string of the molecule is CCCCC/C=C\[C@@H]1C[C@]1(NC(=O)[C@@H]1CC(Oc2nc3ccccc3s2)CN1C(=O)CNc1cccc(F)c1)C(=O)NOc1ccccc1. The molecule has 3 N–H and O–H groups in total. The van der Waals surface area contributed by atoms with Crippen molar-refractivity contribution in [3.8, 4) is 10.9 Å². The maximum atomic E-state index is 14.1. The Morgan fingerprint density at radius 3 is 2.67 bits per heavy atom. The summed E-state index contributed by atoms with van der Waals surface area (Å²) in [6.45, 7) is 2.11. The Balaban J connectivity index is 1.19. The fraction of sp³-hybridized carbons (Fsp3) is 0.351. The van der Waals surface area contributed by atoms with Crippen LogP contribution in [0, 0.1) is 11.7 Å². The number of nitrogens with one attached hydrogen (secondary N) is 3. The molecular weight excluding hydrogens is 646 g/mol. The predicted octanol–water partition coefficient (Wildman–Crippen LogP) is 6.02. The molecule has 2 fully saturated rings. The van der Waals surface area contributed by atoms with Gasteiger partial charge in [-0.25, -0.2) is 9.37 Å². The summed E-state index contributed by atoms with van der Waals surface area (Å²) in [5.41, 5.74) is 2.53. The summed E-state index contributed by atoms with van der Waals surface area (Å²) in [6, 6.07) is 21.4. The quantitative estimate of drug-likeness (QED) is 0.0796. The van der Waals surface area contributed by atoms with E-state index in [1.165, 1.54) is 28.4 Å². The highest BCUT2D eigenvalue weighted by molar-refractivity contribution is 7.20. The minimum atomic E-state index is -1.24. The second-order valence-electron chi connectivity index (χ2n) is 12.4. The first-order chi connectivity index (χ1) is 23.8. The van der Waals surface area contributed by atoms with E-state index in [2.05, 4.69) is 34.1 Å². The number of hydroxylamine groups is 1. The molecule has 1 saturated heterocycles. The third-order valence-corrected chi connectivity index (χ3v) is 9.74. The molecule has 10 nitrogen and oxygen atoms in total. The molecule has 256 valence electrons. The van der Waals surface area contributed by atoms with E-state index in [1.54, 1.807) is 36.4 Å². The molecule has 49 heavy (non-hydrogen) atoms. The zero-order valence-corrected chi connectivity index (χ0v) is 28.1. The summed E-state index contributed by atoms with van der Waals surface area (Å²) >= 11 is 1.39. The van der Waals surface area contributed by atoms with Crippen molar-refractivity contribution in [2.45, 2.75) is 63.1 Å². The average molecular weight is 686 g/mol. The lowest BCUT2D eigenvalue weighted by molar-refractivity contribution is -0.140. The first-order valence-electron chi connectivity index (χ1n) is 16.7. The molecule has 6 rings (SSSR count). The van der Waals surface area contributed by atoms with Crippen LogP contribution in [0.25, 0.3) is 10.2 Å². The smallest absolute Gasteiger partial charge is 0.278 e. The van der Waals surface area contributed by atoms with E-state index >= 15 is 0 Å². The number of hydrogen-bond acceptors (Lipinski definition) is 8. The van der Waals surface area contributed by atoms with E-state index in [-0.39, 0.29) is 31.3 Å². The number of carbonyl (C=O) groups excluding carboxylic acids is 3. The molecule has 1 saturated carbocycles. The summed E-state index contributed by atoms with van der Waals surface area (Å²) in [5, 5.41) is 6.41. The number of benzene rings is 3.